The molecule has 0 saturated carbocycles. The van der Waals surface area contributed by atoms with Crippen LogP contribution in [0.1, 0.15) is 5.82 Å². The van der Waals surface area contributed by atoms with Crippen molar-refractivity contribution in [3.05, 3.63) is 24.0 Å². The van der Waals surface area contributed by atoms with Gasteiger partial charge in [0, 0.05) is 38.9 Å². The van der Waals surface area contributed by atoms with Gasteiger partial charge in [0.05, 0.1) is 17.6 Å². The molecule has 1 aromatic heterocycles. The number of anilines is 1. The molecule has 0 radical (unpaired) electrons. The molecule has 0 unspecified atom stereocenters. The van der Waals surface area contributed by atoms with Crippen LogP contribution < -0.4 is 5.73 Å². The highest BCUT2D eigenvalue weighted by Crippen LogP contribution is 2.19. The topological polar surface area (TPSA) is 50.3 Å². The van der Waals surface area contributed by atoms with Crippen molar-refractivity contribution in [1.82, 2.24) is 19.4 Å². The van der Waals surface area contributed by atoms with Crippen LogP contribution in [-0.2, 0) is 13.6 Å². The number of halogens is 1. The van der Waals surface area contributed by atoms with Gasteiger partial charge in [0.25, 0.3) is 0 Å². The number of hydrogen-bond acceptors (Lipinski definition) is 4. The maximum atomic E-state index is 5.82. The second-order valence-electron chi connectivity index (χ2n) is 5.41. The highest BCUT2D eigenvalue weighted by Gasteiger charge is 2.16. The van der Waals surface area contributed by atoms with E-state index in [1.54, 1.807) is 0 Å². The summed E-state index contributed by atoms with van der Waals surface area (Å²) in [6.07, 6.45) is 0. The van der Waals surface area contributed by atoms with Gasteiger partial charge in [0.15, 0.2) is 0 Å². The molecule has 3 rings (SSSR count). The lowest BCUT2D eigenvalue weighted by atomic mass is 10.3. The largest absolute Gasteiger partial charge is 0.399 e. The van der Waals surface area contributed by atoms with Gasteiger partial charge in [-0.05, 0) is 25.2 Å². The van der Waals surface area contributed by atoms with E-state index in [1.807, 2.05) is 18.2 Å². The average Bonchev–Trinajstić information content (AvgIpc) is 2.68. The van der Waals surface area contributed by atoms with E-state index >= 15 is 0 Å². The molecule has 1 aromatic carbocycles. The number of rotatable bonds is 2. The van der Waals surface area contributed by atoms with Crippen molar-refractivity contribution < 1.29 is 0 Å². The van der Waals surface area contributed by atoms with Gasteiger partial charge in [0.1, 0.15) is 5.82 Å². The van der Waals surface area contributed by atoms with E-state index in [4.69, 9.17) is 10.7 Å². The van der Waals surface area contributed by atoms with Crippen molar-refractivity contribution in [2.75, 3.05) is 39.0 Å². The summed E-state index contributed by atoms with van der Waals surface area (Å²) in [6, 6.07) is 5.93. The highest BCUT2D eigenvalue weighted by molar-refractivity contribution is 5.85. The van der Waals surface area contributed by atoms with Crippen LogP contribution in [0.4, 0.5) is 5.69 Å². The van der Waals surface area contributed by atoms with Crippen molar-refractivity contribution in [3.8, 4) is 0 Å². The third-order valence-corrected chi connectivity index (χ3v) is 3.96. The molecular formula is C14H22ClN5. The summed E-state index contributed by atoms with van der Waals surface area (Å²) in [5.41, 5.74) is 8.74. The van der Waals surface area contributed by atoms with Crippen LogP contribution in [-0.4, -0.2) is 52.6 Å². The van der Waals surface area contributed by atoms with Crippen molar-refractivity contribution in [1.29, 1.82) is 0 Å². The standard InChI is InChI=1S/C14H21N5.ClH/c1-17-5-7-19(8-6-17)10-14-16-12-9-11(15)3-4-13(12)18(14)2;/h3-4,9H,5-8,10,15H2,1-2H3;1H. The number of hydrogen-bond donors (Lipinski definition) is 1. The minimum atomic E-state index is 0. The van der Waals surface area contributed by atoms with E-state index < -0.39 is 0 Å². The van der Waals surface area contributed by atoms with E-state index in [-0.39, 0.29) is 12.4 Å². The van der Waals surface area contributed by atoms with E-state index in [0.717, 1.165) is 55.3 Å². The summed E-state index contributed by atoms with van der Waals surface area (Å²) < 4.78 is 2.17. The molecule has 0 atom stereocenters. The number of nitrogens with two attached hydrogens (primary N) is 1. The van der Waals surface area contributed by atoms with Gasteiger partial charge in [-0.15, -0.1) is 12.4 Å². The summed E-state index contributed by atoms with van der Waals surface area (Å²) in [7, 11) is 4.26. The van der Waals surface area contributed by atoms with Crippen LogP contribution in [0.5, 0.6) is 0 Å². The molecule has 2 heterocycles. The molecule has 2 aromatic rings. The number of nitrogens with zero attached hydrogens (tertiary/aromatic N) is 4. The number of nitrogen functional groups attached to an aromatic ring is 1. The minimum absolute atomic E-state index is 0. The number of imidazole rings is 1. The Bertz CT molecular complexity index is 587. The van der Waals surface area contributed by atoms with Crippen LogP contribution in [0, 0.1) is 0 Å². The predicted molar refractivity (Wildman–Crippen MR) is 85.1 cm³/mol. The van der Waals surface area contributed by atoms with Crippen LogP contribution >= 0.6 is 12.4 Å². The molecule has 0 aliphatic carbocycles. The number of likely N-dealkylation sites (N-methyl/N-ethyl adjacent to an activating group) is 1. The molecule has 1 aliphatic rings. The summed E-state index contributed by atoms with van der Waals surface area (Å²) in [5, 5.41) is 0. The molecule has 5 nitrogen and oxygen atoms in total. The van der Waals surface area contributed by atoms with E-state index in [9.17, 15) is 0 Å². The van der Waals surface area contributed by atoms with Crippen molar-refractivity contribution >= 4 is 29.1 Å². The smallest absolute Gasteiger partial charge is 0.123 e. The lowest BCUT2D eigenvalue weighted by molar-refractivity contribution is 0.144. The SMILES string of the molecule is CN1CCN(Cc2nc3cc(N)ccc3n2C)CC1.Cl. The molecule has 0 spiro atoms. The Kier molecular flexibility index (Phi) is 4.52. The van der Waals surface area contributed by atoms with E-state index in [1.165, 1.54) is 0 Å². The summed E-state index contributed by atoms with van der Waals surface area (Å²) >= 11 is 0. The average molecular weight is 296 g/mol. The number of aromatic nitrogens is 2. The number of aryl methyl sites for hydroxylation is 1. The monoisotopic (exact) mass is 295 g/mol. The third-order valence-electron chi connectivity index (χ3n) is 3.96. The molecule has 6 heteroatoms. The van der Waals surface area contributed by atoms with E-state index in [2.05, 4.69) is 28.5 Å². The Hall–Kier alpha value is -1.30. The maximum Gasteiger partial charge on any atom is 0.123 e. The molecule has 20 heavy (non-hydrogen) atoms. The van der Waals surface area contributed by atoms with Gasteiger partial charge in [-0.3, -0.25) is 4.90 Å². The Morgan fingerprint density at radius 1 is 1.15 bits per heavy atom. The normalized spacial score (nSPS) is 17.3. The summed E-state index contributed by atoms with van der Waals surface area (Å²) in [4.78, 5) is 9.54. The van der Waals surface area contributed by atoms with Gasteiger partial charge < -0.3 is 15.2 Å². The van der Waals surface area contributed by atoms with Crippen LogP contribution in [0.2, 0.25) is 0 Å². The molecule has 0 bridgehead atoms. The highest BCUT2D eigenvalue weighted by atomic mass is 35.5. The number of fused-ring (bicyclic) bond motifs is 1. The molecule has 110 valence electrons. The second-order valence-corrected chi connectivity index (χ2v) is 5.41. The molecule has 0 amide bonds. The Labute approximate surface area is 125 Å². The Morgan fingerprint density at radius 3 is 2.55 bits per heavy atom. The predicted octanol–water partition coefficient (Wildman–Crippen LogP) is 1.32. The second kappa shape index (κ2) is 5.99. The molecule has 1 fully saturated rings. The first-order valence-corrected chi connectivity index (χ1v) is 6.75. The maximum absolute atomic E-state index is 5.82. The first-order valence-electron chi connectivity index (χ1n) is 6.75. The first-order chi connectivity index (χ1) is 9.13. The van der Waals surface area contributed by atoms with Crippen molar-refractivity contribution in [3.63, 3.8) is 0 Å². The summed E-state index contributed by atoms with van der Waals surface area (Å²) in [5.74, 6) is 1.12. The zero-order valence-corrected chi connectivity index (χ0v) is 12.9. The van der Waals surface area contributed by atoms with Crippen LogP contribution in [0.25, 0.3) is 11.0 Å². The molecular weight excluding hydrogens is 274 g/mol. The number of piperazine rings is 1. The lowest BCUT2D eigenvalue weighted by Gasteiger charge is -2.31. The molecule has 1 saturated heterocycles. The lowest BCUT2D eigenvalue weighted by Crippen LogP contribution is -2.44. The van der Waals surface area contributed by atoms with Gasteiger partial charge in [-0.1, -0.05) is 0 Å². The Balaban J connectivity index is 0.00000147. The number of benzene rings is 1. The first kappa shape index (κ1) is 15.1. The van der Waals surface area contributed by atoms with E-state index in [0.29, 0.717) is 0 Å². The van der Waals surface area contributed by atoms with Gasteiger partial charge >= 0.3 is 0 Å². The molecule has 2 N–H and O–H groups in total. The fourth-order valence-electron chi connectivity index (χ4n) is 2.61. The molecule has 1 aliphatic heterocycles. The zero-order valence-electron chi connectivity index (χ0n) is 12.0. The fraction of sp³-hybridized carbons (Fsp3) is 0.500. The third kappa shape index (κ3) is 2.90. The van der Waals surface area contributed by atoms with Gasteiger partial charge in [-0.2, -0.15) is 0 Å². The van der Waals surface area contributed by atoms with Gasteiger partial charge in [-0.25, -0.2) is 4.98 Å². The fourth-order valence-corrected chi connectivity index (χ4v) is 2.61. The van der Waals surface area contributed by atoms with Crippen LogP contribution in [0.3, 0.4) is 0 Å². The minimum Gasteiger partial charge on any atom is -0.399 e. The Morgan fingerprint density at radius 2 is 1.85 bits per heavy atom. The van der Waals surface area contributed by atoms with Crippen molar-refractivity contribution in [2.45, 2.75) is 6.54 Å². The zero-order chi connectivity index (χ0) is 13.4. The van der Waals surface area contributed by atoms with Crippen LogP contribution in [0.15, 0.2) is 18.2 Å². The van der Waals surface area contributed by atoms with Crippen molar-refractivity contribution in [2.24, 2.45) is 7.05 Å². The van der Waals surface area contributed by atoms with Gasteiger partial charge in [0.2, 0.25) is 0 Å². The summed E-state index contributed by atoms with van der Waals surface area (Å²) in [6.45, 7) is 5.41. The quantitative estimate of drug-likeness (QED) is 0.849.